The van der Waals surface area contributed by atoms with E-state index in [9.17, 15) is 0 Å². The van der Waals surface area contributed by atoms with E-state index in [1.165, 1.54) is 0 Å². The Bertz CT molecular complexity index is 52.4. The van der Waals surface area contributed by atoms with Crippen LogP contribution in [0.25, 0.3) is 0 Å². The molecule has 1 nitrogen and oxygen atoms in total. The average molecular weight is 182 g/mol. The van der Waals surface area contributed by atoms with Gasteiger partial charge in [0.25, 0.3) is 0 Å². The molecule has 0 heterocycles. The molecular weight excluding hydrogens is 179 g/mol. The van der Waals surface area contributed by atoms with E-state index in [0.717, 1.165) is 0 Å². The number of hydrogen-bond acceptors (Lipinski definition) is 1. The van der Waals surface area contributed by atoms with Crippen LogP contribution in [0.5, 0.6) is 0 Å². The highest BCUT2D eigenvalue weighted by atomic mass is 127. The molecule has 0 rings (SSSR count). The lowest BCUT2D eigenvalue weighted by atomic mass is 10.8. The van der Waals surface area contributed by atoms with Crippen molar-refractivity contribution in [1.29, 1.82) is 0 Å². The molecule has 1 unspecified atom stereocenters. The van der Waals surface area contributed by atoms with Gasteiger partial charge in [0.2, 0.25) is 0 Å². The summed E-state index contributed by atoms with van der Waals surface area (Å²) in [7, 11) is 0. The number of halogens is 1. The fraction of sp³-hybridized carbons (Fsp3) is 0.333. The summed E-state index contributed by atoms with van der Waals surface area (Å²) in [5.74, 6) is 2.07. The number of terminal acetylenes is 1. The number of hydrogen-bond donors (Lipinski definition) is 1. The SMILES string of the molecule is C#CC(O)I. The number of aliphatic hydroxyl groups is 1. The van der Waals surface area contributed by atoms with Crippen LogP contribution in [0.3, 0.4) is 0 Å². The molecule has 0 bridgehead atoms. The van der Waals surface area contributed by atoms with Gasteiger partial charge in [-0.05, 0) is 22.6 Å². The lowest BCUT2D eigenvalue weighted by Crippen LogP contribution is -1.83. The van der Waals surface area contributed by atoms with Crippen LogP contribution in [-0.2, 0) is 0 Å². The Labute approximate surface area is 44.5 Å². The summed E-state index contributed by atoms with van der Waals surface area (Å²) < 4.78 is -0.618. The first kappa shape index (κ1) is 5.25. The van der Waals surface area contributed by atoms with Crippen molar-refractivity contribution in [1.82, 2.24) is 0 Å². The molecule has 0 aliphatic rings. The monoisotopic (exact) mass is 182 g/mol. The molecule has 0 aliphatic heterocycles. The first-order chi connectivity index (χ1) is 2.27. The van der Waals surface area contributed by atoms with E-state index in [-0.39, 0.29) is 0 Å². The zero-order valence-electron chi connectivity index (χ0n) is 2.48. The van der Waals surface area contributed by atoms with Crippen LogP contribution in [0.1, 0.15) is 0 Å². The Morgan fingerprint density at radius 2 is 2.20 bits per heavy atom. The average Bonchev–Trinajstić information content (AvgIpc) is 1.38. The van der Waals surface area contributed by atoms with Gasteiger partial charge in [0.15, 0.2) is 4.11 Å². The van der Waals surface area contributed by atoms with Crippen molar-refractivity contribution in [3.05, 3.63) is 0 Å². The first-order valence-electron chi connectivity index (χ1n) is 1.05. The number of rotatable bonds is 0. The fourth-order valence-electron chi connectivity index (χ4n) is 0. The smallest absolute Gasteiger partial charge is 0.165 e. The van der Waals surface area contributed by atoms with E-state index in [4.69, 9.17) is 5.11 Å². The number of alkyl halides is 1. The topological polar surface area (TPSA) is 20.2 Å². The maximum Gasteiger partial charge on any atom is 0.165 e. The molecule has 0 saturated carbocycles. The van der Waals surface area contributed by atoms with Crippen LogP contribution < -0.4 is 0 Å². The summed E-state index contributed by atoms with van der Waals surface area (Å²) >= 11 is 1.73. The van der Waals surface area contributed by atoms with Crippen molar-refractivity contribution >= 4 is 22.6 Å². The van der Waals surface area contributed by atoms with Gasteiger partial charge in [0.05, 0.1) is 0 Å². The molecule has 0 fully saturated rings. The van der Waals surface area contributed by atoms with Crippen molar-refractivity contribution in [3.63, 3.8) is 0 Å². The predicted octanol–water partition coefficient (Wildman–Crippen LogP) is 0.373. The van der Waals surface area contributed by atoms with Gasteiger partial charge in [-0.25, -0.2) is 0 Å². The molecule has 2 heteroatoms. The zero-order valence-corrected chi connectivity index (χ0v) is 4.64. The Kier molecular flexibility index (Phi) is 2.61. The third-order valence-corrected chi connectivity index (χ3v) is 0.497. The standard InChI is InChI=1S/C3H3IO/c1-2-3(4)5/h1,3,5H. The second-order valence-electron chi connectivity index (χ2n) is 0.502. The predicted molar refractivity (Wildman–Crippen MR) is 28.9 cm³/mol. The van der Waals surface area contributed by atoms with Crippen LogP contribution in [0, 0.1) is 12.3 Å². The van der Waals surface area contributed by atoms with E-state index >= 15 is 0 Å². The molecule has 0 radical (unpaired) electrons. The Morgan fingerprint density at radius 3 is 2.20 bits per heavy atom. The van der Waals surface area contributed by atoms with Crippen molar-refractivity contribution in [2.24, 2.45) is 0 Å². The van der Waals surface area contributed by atoms with Crippen LogP contribution in [-0.4, -0.2) is 9.22 Å². The van der Waals surface area contributed by atoms with E-state index in [0.29, 0.717) is 0 Å². The molecule has 28 valence electrons. The van der Waals surface area contributed by atoms with Gasteiger partial charge in [-0.3, -0.25) is 0 Å². The van der Waals surface area contributed by atoms with E-state index < -0.39 is 4.11 Å². The highest BCUT2D eigenvalue weighted by molar-refractivity contribution is 14.1. The minimum Gasteiger partial charge on any atom is -0.371 e. The van der Waals surface area contributed by atoms with E-state index in [2.05, 4.69) is 12.3 Å². The molecule has 0 spiro atoms. The van der Waals surface area contributed by atoms with Crippen molar-refractivity contribution in [2.75, 3.05) is 0 Å². The second kappa shape index (κ2) is 2.49. The van der Waals surface area contributed by atoms with Gasteiger partial charge < -0.3 is 5.11 Å². The summed E-state index contributed by atoms with van der Waals surface area (Å²) in [6, 6.07) is 0. The van der Waals surface area contributed by atoms with Gasteiger partial charge in [0, 0.05) is 0 Å². The van der Waals surface area contributed by atoms with Crippen LogP contribution in [0.15, 0.2) is 0 Å². The largest absolute Gasteiger partial charge is 0.371 e. The molecule has 1 atom stereocenters. The molecule has 0 aromatic carbocycles. The minimum absolute atomic E-state index is 0.618. The molecule has 0 saturated heterocycles. The van der Waals surface area contributed by atoms with Gasteiger partial charge in [0.1, 0.15) is 0 Å². The first-order valence-corrected chi connectivity index (χ1v) is 2.30. The highest BCUT2D eigenvalue weighted by Gasteiger charge is 1.78. The third kappa shape index (κ3) is 4.25. The molecule has 0 aliphatic carbocycles. The maximum absolute atomic E-state index is 8.11. The summed E-state index contributed by atoms with van der Waals surface area (Å²) in [4.78, 5) is 0. The summed E-state index contributed by atoms with van der Waals surface area (Å²) in [5, 5.41) is 8.11. The van der Waals surface area contributed by atoms with E-state index in [1.807, 2.05) is 0 Å². The molecule has 1 N–H and O–H groups in total. The van der Waals surface area contributed by atoms with Crippen LogP contribution in [0.4, 0.5) is 0 Å². The fourth-order valence-corrected chi connectivity index (χ4v) is 0. The summed E-state index contributed by atoms with van der Waals surface area (Å²) in [6.45, 7) is 0. The third-order valence-electron chi connectivity index (χ3n) is 0.138. The summed E-state index contributed by atoms with van der Waals surface area (Å²) in [5.41, 5.74) is 0. The molecule has 0 aromatic rings. The van der Waals surface area contributed by atoms with Crippen LogP contribution >= 0.6 is 22.6 Å². The van der Waals surface area contributed by atoms with Gasteiger partial charge in [-0.2, -0.15) is 0 Å². The second-order valence-corrected chi connectivity index (χ2v) is 1.68. The van der Waals surface area contributed by atoms with Crippen molar-refractivity contribution in [3.8, 4) is 12.3 Å². The lowest BCUT2D eigenvalue weighted by Gasteiger charge is -1.78. The van der Waals surface area contributed by atoms with Crippen molar-refractivity contribution < 1.29 is 5.11 Å². The Hall–Kier alpha value is 0.250. The molecule has 0 amide bonds. The lowest BCUT2D eigenvalue weighted by molar-refractivity contribution is 0.333. The maximum atomic E-state index is 8.11. The molecule has 5 heavy (non-hydrogen) atoms. The summed E-state index contributed by atoms with van der Waals surface area (Å²) in [6.07, 6.45) is 4.66. The highest BCUT2D eigenvalue weighted by Crippen LogP contribution is 1.87. The van der Waals surface area contributed by atoms with Gasteiger partial charge >= 0.3 is 0 Å². The molecular formula is C3H3IO. The Morgan fingerprint density at radius 1 is 2.00 bits per heavy atom. The normalized spacial score (nSPS) is 13.0. The Balaban J connectivity index is 2.94. The zero-order chi connectivity index (χ0) is 4.28. The van der Waals surface area contributed by atoms with Gasteiger partial charge in [-0.1, -0.05) is 5.92 Å². The quantitative estimate of drug-likeness (QED) is 0.326. The van der Waals surface area contributed by atoms with E-state index in [1.54, 1.807) is 22.6 Å². The molecule has 0 aromatic heterocycles. The minimum atomic E-state index is -0.618. The van der Waals surface area contributed by atoms with Crippen LogP contribution in [0.2, 0.25) is 0 Å². The number of aliphatic hydroxyl groups excluding tert-OH is 1. The van der Waals surface area contributed by atoms with Crippen molar-refractivity contribution in [2.45, 2.75) is 4.11 Å². The van der Waals surface area contributed by atoms with Gasteiger partial charge in [-0.15, -0.1) is 6.42 Å².